The van der Waals surface area contributed by atoms with Crippen LogP contribution in [0.25, 0.3) is 10.8 Å². The molecule has 1 aliphatic rings. The van der Waals surface area contributed by atoms with Crippen LogP contribution in [0.15, 0.2) is 52.4 Å². The minimum Gasteiger partial charge on any atom is -0.493 e. The average molecular weight is 341 g/mol. The molecule has 25 heavy (non-hydrogen) atoms. The Bertz CT molecular complexity index is 811. The fourth-order valence-corrected chi connectivity index (χ4v) is 2.74. The third-order valence-corrected chi connectivity index (χ3v) is 3.84. The maximum atomic E-state index is 5.90. The highest BCUT2D eigenvalue weighted by atomic mass is 16.7. The molecule has 2 aromatic carbocycles. The van der Waals surface area contributed by atoms with Gasteiger partial charge in [0.15, 0.2) is 5.66 Å². The van der Waals surface area contributed by atoms with E-state index in [-0.39, 0.29) is 11.9 Å². The number of aliphatic imine (C=N–C) groups is 2. The van der Waals surface area contributed by atoms with Gasteiger partial charge in [-0.2, -0.15) is 10.1 Å². The molecule has 0 aromatic heterocycles. The Morgan fingerprint density at radius 2 is 1.80 bits per heavy atom. The molecule has 132 valence electrons. The Hall–Kier alpha value is -2.80. The summed E-state index contributed by atoms with van der Waals surface area (Å²) >= 11 is 0. The predicted molar refractivity (Wildman–Crippen MR) is 99.2 cm³/mol. The van der Waals surface area contributed by atoms with Gasteiger partial charge in [-0.1, -0.05) is 36.4 Å². The number of nitrogens with zero attached hydrogens (tertiary/aromatic N) is 3. The summed E-state index contributed by atoms with van der Waals surface area (Å²) in [6, 6.07) is 14.2. The molecular formula is C18H23N5O2. The lowest BCUT2D eigenvalue weighted by Crippen LogP contribution is -2.53. The fraction of sp³-hybridized carbons (Fsp3) is 0.333. The van der Waals surface area contributed by atoms with Gasteiger partial charge in [-0.3, -0.25) is 4.84 Å². The van der Waals surface area contributed by atoms with Gasteiger partial charge in [-0.05, 0) is 25.3 Å². The first kappa shape index (κ1) is 17.0. The predicted octanol–water partition coefficient (Wildman–Crippen LogP) is 2.22. The fourth-order valence-electron chi connectivity index (χ4n) is 2.74. The molecule has 1 heterocycles. The number of rotatable bonds is 6. The second kappa shape index (κ2) is 6.98. The first-order valence-corrected chi connectivity index (χ1v) is 8.20. The monoisotopic (exact) mass is 341 g/mol. The van der Waals surface area contributed by atoms with E-state index in [2.05, 4.69) is 28.2 Å². The summed E-state index contributed by atoms with van der Waals surface area (Å²) in [6.45, 7) is 4.67. The number of guanidine groups is 2. The average Bonchev–Trinajstić information content (AvgIpc) is 2.56. The van der Waals surface area contributed by atoms with Gasteiger partial charge in [0.05, 0.1) is 13.2 Å². The van der Waals surface area contributed by atoms with Crippen molar-refractivity contribution in [3.8, 4) is 5.75 Å². The van der Waals surface area contributed by atoms with Crippen molar-refractivity contribution in [1.29, 1.82) is 0 Å². The second-order valence-corrected chi connectivity index (χ2v) is 6.24. The van der Waals surface area contributed by atoms with Crippen LogP contribution < -0.4 is 16.2 Å². The Morgan fingerprint density at radius 3 is 2.60 bits per heavy atom. The van der Waals surface area contributed by atoms with Crippen LogP contribution in [0.2, 0.25) is 0 Å². The largest absolute Gasteiger partial charge is 0.493 e. The van der Waals surface area contributed by atoms with Crippen LogP contribution in [0.5, 0.6) is 5.75 Å². The van der Waals surface area contributed by atoms with Gasteiger partial charge in [0.2, 0.25) is 11.9 Å². The van der Waals surface area contributed by atoms with Crippen LogP contribution >= 0.6 is 0 Å². The molecule has 0 saturated heterocycles. The third kappa shape index (κ3) is 3.83. The zero-order chi connectivity index (χ0) is 17.9. The number of ether oxygens (including phenoxy) is 1. The summed E-state index contributed by atoms with van der Waals surface area (Å²) in [4.78, 5) is 13.9. The highest BCUT2D eigenvalue weighted by Gasteiger charge is 2.32. The highest BCUT2D eigenvalue weighted by molar-refractivity contribution is 5.95. The summed E-state index contributed by atoms with van der Waals surface area (Å²) in [5.74, 6) is 1.23. The molecule has 0 unspecified atom stereocenters. The molecule has 0 fully saturated rings. The van der Waals surface area contributed by atoms with E-state index in [9.17, 15) is 0 Å². The lowest BCUT2D eigenvalue weighted by molar-refractivity contribution is -0.158. The van der Waals surface area contributed by atoms with Crippen LogP contribution in [-0.2, 0) is 4.84 Å². The SMILES string of the molecule is CC1(C)N=C(N)N=C(N)N1OCCCOc1cccc2ccccc12. The summed E-state index contributed by atoms with van der Waals surface area (Å²) in [6.07, 6.45) is 0.697. The van der Waals surface area contributed by atoms with Crippen molar-refractivity contribution >= 4 is 22.7 Å². The highest BCUT2D eigenvalue weighted by Crippen LogP contribution is 2.25. The van der Waals surface area contributed by atoms with Gasteiger partial charge >= 0.3 is 0 Å². The van der Waals surface area contributed by atoms with Crippen molar-refractivity contribution < 1.29 is 9.57 Å². The minimum atomic E-state index is -0.688. The van der Waals surface area contributed by atoms with Crippen molar-refractivity contribution in [2.45, 2.75) is 25.9 Å². The summed E-state index contributed by atoms with van der Waals surface area (Å²) in [5.41, 5.74) is 10.8. The molecule has 7 heteroatoms. The van der Waals surface area contributed by atoms with Crippen molar-refractivity contribution in [2.75, 3.05) is 13.2 Å². The van der Waals surface area contributed by atoms with Crippen molar-refractivity contribution in [2.24, 2.45) is 21.5 Å². The molecule has 3 rings (SSSR count). The van der Waals surface area contributed by atoms with E-state index in [0.717, 1.165) is 16.5 Å². The molecule has 0 atom stereocenters. The topological polar surface area (TPSA) is 98.5 Å². The molecule has 0 bridgehead atoms. The van der Waals surface area contributed by atoms with Crippen LogP contribution in [0, 0.1) is 0 Å². The molecular weight excluding hydrogens is 318 g/mol. The second-order valence-electron chi connectivity index (χ2n) is 6.24. The van der Waals surface area contributed by atoms with Crippen molar-refractivity contribution in [1.82, 2.24) is 5.06 Å². The molecule has 7 nitrogen and oxygen atoms in total. The van der Waals surface area contributed by atoms with Gasteiger partial charge in [0.25, 0.3) is 0 Å². The van der Waals surface area contributed by atoms with E-state index in [1.54, 1.807) is 0 Å². The normalized spacial score (nSPS) is 16.5. The Morgan fingerprint density at radius 1 is 1.04 bits per heavy atom. The number of hydrogen-bond donors (Lipinski definition) is 2. The zero-order valence-electron chi connectivity index (χ0n) is 14.5. The zero-order valence-corrected chi connectivity index (χ0v) is 14.5. The van der Waals surface area contributed by atoms with Gasteiger partial charge in [0, 0.05) is 11.8 Å². The minimum absolute atomic E-state index is 0.154. The van der Waals surface area contributed by atoms with Gasteiger partial charge in [0.1, 0.15) is 5.75 Å². The first-order chi connectivity index (χ1) is 12.0. The third-order valence-electron chi connectivity index (χ3n) is 3.84. The number of hydrogen-bond acceptors (Lipinski definition) is 7. The van der Waals surface area contributed by atoms with E-state index in [1.807, 2.05) is 38.1 Å². The summed E-state index contributed by atoms with van der Waals surface area (Å²) in [5, 5.41) is 3.73. The van der Waals surface area contributed by atoms with E-state index >= 15 is 0 Å². The van der Waals surface area contributed by atoms with E-state index < -0.39 is 5.66 Å². The van der Waals surface area contributed by atoms with Gasteiger partial charge in [-0.15, -0.1) is 0 Å². The van der Waals surface area contributed by atoms with Crippen LogP contribution in [0.3, 0.4) is 0 Å². The van der Waals surface area contributed by atoms with Crippen LogP contribution in [-0.4, -0.2) is 35.9 Å². The summed E-state index contributed by atoms with van der Waals surface area (Å²) in [7, 11) is 0. The Kier molecular flexibility index (Phi) is 4.76. The smallest absolute Gasteiger partial charge is 0.226 e. The molecule has 2 aromatic rings. The summed E-state index contributed by atoms with van der Waals surface area (Å²) < 4.78 is 5.90. The first-order valence-electron chi connectivity index (χ1n) is 8.20. The molecule has 4 N–H and O–H groups in total. The molecule has 0 aliphatic carbocycles. The lowest BCUT2D eigenvalue weighted by Gasteiger charge is -2.36. The lowest BCUT2D eigenvalue weighted by atomic mass is 10.1. The standard InChI is InChI=1S/C18H23N5O2/c1-18(2)22-16(19)21-17(20)23(18)25-12-6-11-24-15-10-5-8-13-7-3-4-9-14(13)15/h3-5,7-10H,6,11-12H2,1-2H3,(H4,19,20,21,22). The van der Waals surface area contributed by atoms with Gasteiger partial charge in [-0.25, -0.2) is 4.99 Å². The molecule has 0 saturated carbocycles. The Balaban J connectivity index is 1.52. The number of fused-ring (bicyclic) bond motifs is 1. The van der Waals surface area contributed by atoms with E-state index in [4.69, 9.17) is 21.0 Å². The molecule has 0 spiro atoms. The maximum Gasteiger partial charge on any atom is 0.226 e. The molecule has 0 amide bonds. The van der Waals surface area contributed by atoms with E-state index in [0.29, 0.717) is 19.6 Å². The van der Waals surface area contributed by atoms with Crippen molar-refractivity contribution in [3.63, 3.8) is 0 Å². The Labute approximate surface area is 146 Å². The van der Waals surface area contributed by atoms with Crippen molar-refractivity contribution in [3.05, 3.63) is 42.5 Å². The number of benzene rings is 2. The van der Waals surface area contributed by atoms with Gasteiger partial charge < -0.3 is 16.2 Å². The number of nitrogens with two attached hydrogens (primary N) is 2. The molecule has 0 radical (unpaired) electrons. The van der Waals surface area contributed by atoms with Crippen LogP contribution in [0.1, 0.15) is 20.3 Å². The quantitative estimate of drug-likeness (QED) is 0.785. The number of hydroxylamine groups is 2. The molecule has 1 aliphatic heterocycles. The van der Waals surface area contributed by atoms with E-state index in [1.165, 1.54) is 5.06 Å². The van der Waals surface area contributed by atoms with Crippen LogP contribution in [0.4, 0.5) is 0 Å². The maximum absolute atomic E-state index is 5.90.